The number of methoxy groups -OCH3 is 1. The van der Waals surface area contributed by atoms with Crippen LogP contribution in [0.15, 0.2) is 53.5 Å². The molecule has 176 valence electrons. The van der Waals surface area contributed by atoms with Crippen molar-refractivity contribution in [3.05, 3.63) is 65.7 Å². The van der Waals surface area contributed by atoms with E-state index in [1.807, 2.05) is 53.2 Å². The lowest BCUT2D eigenvalue weighted by Crippen LogP contribution is -2.46. The maximum Gasteiger partial charge on any atom is 0.191 e. The Bertz CT molecular complexity index is 1070. The molecule has 0 radical (unpaired) electrons. The first kappa shape index (κ1) is 24.8. The van der Waals surface area contributed by atoms with E-state index < -0.39 is 0 Å². The lowest BCUT2D eigenvalue weighted by molar-refractivity contribution is 0.379. The first-order valence-corrected chi connectivity index (χ1v) is 11.0. The quantitative estimate of drug-likeness (QED) is 0.258. The predicted octanol–water partition coefficient (Wildman–Crippen LogP) is 3.94. The van der Waals surface area contributed by atoms with Crippen molar-refractivity contribution in [1.29, 1.82) is 0 Å². The fraction of sp³-hybridized carbons (Fsp3) is 0.375. The van der Waals surface area contributed by atoms with Crippen LogP contribution in [0, 0.1) is 0 Å². The molecule has 4 rings (SSSR count). The van der Waals surface area contributed by atoms with Crippen LogP contribution in [-0.4, -0.2) is 40.9 Å². The number of benzene rings is 2. The predicted molar refractivity (Wildman–Crippen MR) is 140 cm³/mol. The van der Waals surface area contributed by atoms with Gasteiger partial charge in [0, 0.05) is 32.5 Å². The minimum Gasteiger partial charge on any atom is -0.493 e. The molecule has 0 amide bonds. The maximum absolute atomic E-state index is 5.95. The fourth-order valence-corrected chi connectivity index (χ4v) is 3.71. The molecule has 0 bridgehead atoms. The van der Waals surface area contributed by atoms with Crippen LogP contribution < -0.4 is 20.1 Å². The summed E-state index contributed by atoms with van der Waals surface area (Å²) in [6, 6.07) is 15.9. The molecule has 0 fully saturated rings. The Morgan fingerprint density at radius 2 is 1.91 bits per heavy atom. The summed E-state index contributed by atoms with van der Waals surface area (Å²) >= 11 is 0. The Hall–Kier alpha value is -2.82. The average Bonchev–Trinajstić information content (AvgIpc) is 3.25. The zero-order valence-corrected chi connectivity index (χ0v) is 21.6. The number of rotatable bonds is 7. The molecule has 1 aromatic heterocycles. The summed E-state index contributed by atoms with van der Waals surface area (Å²) in [7, 11) is 3.43. The SMILES string of the molecule is CCc1nc2n(n1)CC(NC(=NC)NCc1ccc(Oc3ccccc3OC)cc1)CC2.I. The Balaban J connectivity index is 0.00000306. The van der Waals surface area contributed by atoms with Crippen molar-refractivity contribution in [3.8, 4) is 17.2 Å². The van der Waals surface area contributed by atoms with Crippen LogP contribution in [0.5, 0.6) is 17.2 Å². The Kier molecular flexibility index (Phi) is 8.93. The van der Waals surface area contributed by atoms with E-state index in [9.17, 15) is 0 Å². The largest absolute Gasteiger partial charge is 0.493 e. The first-order valence-electron chi connectivity index (χ1n) is 11.0. The van der Waals surface area contributed by atoms with Crippen molar-refractivity contribution in [2.45, 2.75) is 45.3 Å². The molecule has 9 heteroatoms. The summed E-state index contributed by atoms with van der Waals surface area (Å²) in [5, 5.41) is 11.5. The van der Waals surface area contributed by atoms with Crippen LogP contribution in [0.25, 0.3) is 0 Å². The Labute approximate surface area is 211 Å². The van der Waals surface area contributed by atoms with Gasteiger partial charge in [-0.25, -0.2) is 9.67 Å². The second-order valence-electron chi connectivity index (χ2n) is 7.68. The molecule has 1 aliphatic heterocycles. The third-order valence-electron chi connectivity index (χ3n) is 5.46. The lowest BCUT2D eigenvalue weighted by Gasteiger charge is -2.25. The van der Waals surface area contributed by atoms with E-state index >= 15 is 0 Å². The van der Waals surface area contributed by atoms with Gasteiger partial charge in [-0.2, -0.15) is 5.10 Å². The average molecular weight is 562 g/mol. The zero-order valence-electron chi connectivity index (χ0n) is 19.2. The van der Waals surface area contributed by atoms with Gasteiger partial charge in [0.15, 0.2) is 23.3 Å². The fourth-order valence-electron chi connectivity index (χ4n) is 3.71. The van der Waals surface area contributed by atoms with E-state index in [1.165, 1.54) is 0 Å². The number of halogens is 1. The molecule has 2 aromatic carbocycles. The number of ether oxygens (including phenoxy) is 2. The van der Waals surface area contributed by atoms with Crippen molar-refractivity contribution < 1.29 is 9.47 Å². The van der Waals surface area contributed by atoms with Gasteiger partial charge in [0.05, 0.1) is 13.7 Å². The number of aromatic nitrogens is 3. The molecule has 0 saturated heterocycles. The molecule has 2 N–H and O–H groups in total. The van der Waals surface area contributed by atoms with E-state index in [-0.39, 0.29) is 30.0 Å². The molecule has 2 heterocycles. The smallest absolute Gasteiger partial charge is 0.191 e. The minimum atomic E-state index is 0. The minimum absolute atomic E-state index is 0. The Morgan fingerprint density at radius 1 is 1.15 bits per heavy atom. The van der Waals surface area contributed by atoms with Gasteiger partial charge in [-0.3, -0.25) is 4.99 Å². The zero-order chi connectivity index (χ0) is 22.3. The number of hydrogen-bond acceptors (Lipinski definition) is 5. The summed E-state index contributed by atoms with van der Waals surface area (Å²) in [6.07, 6.45) is 2.80. The lowest BCUT2D eigenvalue weighted by atomic mass is 10.1. The molecule has 8 nitrogen and oxygen atoms in total. The van der Waals surface area contributed by atoms with E-state index in [4.69, 9.17) is 9.47 Å². The maximum atomic E-state index is 5.95. The molecule has 0 saturated carbocycles. The summed E-state index contributed by atoms with van der Waals surface area (Å²) in [5.74, 6) is 4.94. The molecule has 1 aliphatic rings. The summed E-state index contributed by atoms with van der Waals surface area (Å²) in [6.45, 7) is 3.55. The van der Waals surface area contributed by atoms with Crippen LogP contribution in [0.1, 0.15) is 30.6 Å². The van der Waals surface area contributed by atoms with Gasteiger partial charge in [-0.05, 0) is 36.2 Å². The third kappa shape index (κ3) is 6.37. The van der Waals surface area contributed by atoms with E-state index in [0.29, 0.717) is 18.0 Å². The van der Waals surface area contributed by atoms with E-state index in [0.717, 1.165) is 54.7 Å². The summed E-state index contributed by atoms with van der Waals surface area (Å²) in [4.78, 5) is 8.96. The van der Waals surface area contributed by atoms with Crippen molar-refractivity contribution in [3.63, 3.8) is 0 Å². The van der Waals surface area contributed by atoms with Gasteiger partial charge in [-0.15, -0.1) is 24.0 Å². The summed E-state index contributed by atoms with van der Waals surface area (Å²) in [5.41, 5.74) is 1.13. The monoisotopic (exact) mass is 562 g/mol. The number of fused-ring (bicyclic) bond motifs is 1. The second-order valence-corrected chi connectivity index (χ2v) is 7.68. The highest BCUT2D eigenvalue weighted by Gasteiger charge is 2.22. The molecule has 1 unspecified atom stereocenters. The highest BCUT2D eigenvalue weighted by atomic mass is 127. The number of para-hydroxylation sites is 2. The molecular formula is C24H31IN6O2. The number of guanidine groups is 1. The topological polar surface area (TPSA) is 85.6 Å². The number of nitrogens with zero attached hydrogens (tertiary/aromatic N) is 4. The number of aryl methyl sites for hydroxylation is 2. The standard InChI is InChI=1S/C24H30N6O2.HI/c1-4-22-28-23-14-11-18(16-30(23)29-22)27-24(25-2)26-15-17-9-12-19(13-10-17)32-21-8-6-5-7-20(21)31-3;/h5-10,12-13,18H,4,11,14-16H2,1-3H3,(H2,25,26,27);1H. The first-order chi connectivity index (χ1) is 15.7. The van der Waals surface area contributed by atoms with Crippen LogP contribution in [0.4, 0.5) is 0 Å². The van der Waals surface area contributed by atoms with Gasteiger partial charge < -0.3 is 20.1 Å². The van der Waals surface area contributed by atoms with Crippen molar-refractivity contribution >= 4 is 29.9 Å². The van der Waals surface area contributed by atoms with Gasteiger partial charge in [0.1, 0.15) is 11.6 Å². The van der Waals surface area contributed by atoms with Gasteiger partial charge in [0.2, 0.25) is 0 Å². The van der Waals surface area contributed by atoms with Crippen molar-refractivity contribution in [2.24, 2.45) is 4.99 Å². The highest BCUT2D eigenvalue weighted by Crippen LogP contribution is 2.30. The summed E-state index contributed by atoms with van der Waals surface area (Å²) < 4.78 is 13.3. The molecular weight excluding hydrogens is 531 g/mol. The molecule has 1 atom stereocenters. The van der Waals surface area contributed by atoms with Gasteiger partial charge >= 0.3 is 0 Å². The van der Waals surface area contributed by atoms with Crippen LogP contribution in [0.3, 0.4) is 0 Å². The van der Waals surface area contributed by atoms with Crippen molar-refractivity contribution in [1.82, 2.24) is 25.4 Å². The number of nitrogens with one attached hydrogen (secondary N) is 2. The molecule has 3 aromatic rings. The Morgan fingerprint density at radius 3 is 2.61 bits per heavy atom. The second kappa shape index (κ2) is 11.9. The van der Waals surface area contributed by atoms with Crippen LogP contribution >= 0.6 is 24.0 Å². The van der Waals surface area contributed by atoms with Crippen molar-refractivity contribution in [2.75, 3.05) is 14.2 Å². The number of hydrogen-bond donors (Lipinski definition) is 2. The number of aliphatic imine (C=N–C) groups is 1. The van der Waals surface area contributed by atoms with Gasteiger partial charge in [-0.1, -0.05) is 31.2 Å². The molecule has 33 heavy (non-hydrogen) atoms. The normalized spacial score (nSPS) is 15.2. The molecule has 0 aliphatic carbocycles. The highest BCUT2D eigenvalue weighted by molar-refractivity contribution is 14.0. The van der Waals surface area contributed by atoms with E-state index in [2.05, 4.69) is 32.6 Å². The van der Waals surface area contributed by atoms with Crippen LogP contribution in [-0.2, 0) is 25.9 Å². The van der Waals surface area contributed by atoms with Crippen LogP contribution in [0.2, 0.25) is 0 Å². The van der Waals surface area contributed by atoms with E-state index in [1.54, 1.807) is 14.2 Å². The van der Waals surface area contributed by atoms with Gasteiger partial charge in [0.25, 0.3) is 0 Å². The molecule has 0 spiro atoms. The third-order valence-corrected chi connectivity index (χ3v) is 5.46.